The van der Waals surface area contributed by atoms with Crippen molar-refractivity contribution in [2.75, 3.05) is 39.3 Å². The normalized spacial score (nSPS) is 10.7. The van der Waals surface area contributed by atoms with Crippen molar-refractivity contribution in [1.29, 1.82) is 0 Å². The smallest absolute Gasteiger partial charge is 0.255 e. The summed E-state index contributed by atoms with van der Waals surface area (Å²) < 4.78 is 16.1. The molecule has 0 heterocycles. The van der Waals surface area contributed by atoms with Crippen molar-refractivity contribution >= 4 is 17.5 Å². The topological polar surface area (TPSA) is 85.9 Å². The van der Waals surface area contributed by atoms with Crippen molar-refractivity contribution in [1.82, 2.24) is 5.32 Å². The van der Waals surface area contributed by atoms with Crippen LogP contribution in [0, 0.1) is 0 Å². The van der Waals surface area contributed by atoms with E-state index in [1.165, 1.54) is 45.6 Å². The summed E-state index contributed by atoms with van der Waals surface area (Å²) in [7, 11) is 3.09. The van der Waals surface area contributed by atoms with Crippen molar-refractivity contribution in [3.05, 3.63) is 59.2 Å². The minimum Gasteiger partial charge on any atom is -0.495 e. The molecule has 0 unspecified atom stereocenters. The molecule has 2 amide bonds. The van der Waals surface area contributed by atoms with Gasteiger partial charge in [0.2, 0.25) is 0 Å². The van der Waals surface area contributed by atoms with Gasteiger partial charge in [-0.1, -0.05) is 57.6 Å². The summed E-state index contributed by atoms with van der Waals surface area (Å²) in [6.45, 7) is 4.34. The fraction of sp³-hybridized carbons (Fsp3) is 0.500. The molecule has 2 N–H and O–H groups in total. The average molecular weight is 485 g/mol. The Morgan fingerprint density at radius 2 is 1.49 bits per heavy atom. The first-order valence-corrected chi connectivity index (χ1v) is 12.5. The Labute approximate surface area is 209 Å². The van der Waals surface area contributed by atoms with Gasteiger partial charge in [0.1, 0.15) is 5.75 Å². The number of nitrogens with one attached hydrogen (secondary N) is 2. The van der Waals surface area contributed by atoms with Crippen LogP contribution in [0.4, 0.5) is 5.69 Å². The maximum absolute atomic E-state index is 12.8. The molecule has 7 nitrogen and oxygen atoms in total. The third-order valence-electron chi connectivity index (χ3n) is 5.68. The molecule has 0 bridgehead atoms. The van der Waals surface area contributed by atoms with E-state index in [1.54, 1.807) is 37.4 Å². The van der Waals surface area contributed by atoms with E-state index in [4.69, 9.17) is 14.2 Å². The summed E-state index contributed by atoms with van der Waals surface area (Å²) in [6, 6.07) is 12.3. The largest absolute Gasteiger partial charge is 0.495 e. The van der Waals surface area contributed by atoms with Gasteiger partial charge < -0.3 is 24.8 Å². The van der Waals surface area contributed by atoms with Gasteiger partial charge >= 0.3 is 0 Å². The van der Waals surface area contributed by atoms with Crippen LogP contribution in [0.1, 0.15) is 78.1 Å². The molecule has 0 aliphatic heterocycles. The summed E-state index contributed by atoms with van der Waals surface area (Å²) in [6.07, 6.45) is 8.82. The van der Waals surface area contributed by atoms with E-state index < -0.39 is 0 Å². The highest BCUT2D eigenvalue weighted by Gasteiger charge is 2.13. The molecule has 0 radical (unpaired) electrons. The van der Waals surface area contributed by atoms with Crippen molar-refractivity contribution in [3.63, 3.8) is 0 Å². The van der Waals surface area contributed by atoms with Crippen LogP contribution in [0.25, 0.3) is 0 Å². The second-order valence-corrected chi connectivity index (χ2v) is 8.49. The molecule has 2 aromatic carbocycles. The standard InChI is InChI=1S/C28H40N2O5/c1-4-5-6-7-8-9-10-18-35-21-22-11-13-23(14-12-22)28(32)30-25-20-24(15-16-26(25)34-3)27(31)29-17-19-33-2/h11-16,20H,4-10,17-19,21H2,1-3H3,(H,29,31)(H,30,32). The van der Waals surface area contributed by atoms with Gasteiger partial charge in [-0.05, 0) is 42.3 Å². The van der Waals surface area contributed by atoms with Gasteiger partial charge in [-0.3, -0.25) is 9.59 Å². The molecule has 0 aromatic heterocycles. The van der Waals surface area contributed by atoms with E-state index in [0.29, 0.717) is 42.3 Å². The molecule has 2 rings (SSSR count). The maximum atomic E-state index is 12.8. The summed E-state index contributed by atoms with van der Waals surface area (Å²) in [4.78, 5) is 25.1. The Hall–Kier alpha value is -2.90. The number of amides is 2. The predicted octanol–water partition coefficient (Wildman–Crippen LogP) is 5.59. The number of carbonyl (C=O) groups is 2. The zero-order valence-electron chi connectivity index (χ0n) is 21.4. The molecule has 0 saturated heterocycles. The third-order valence-corrected chi connectivity index (χ3v) is 5.68. The monoisotopic (exact) mass is 484 g/mol. The van der Waals surface area contributed by atoms with E-state index in [0.717, 1.165) is 18.6 Å². The lowest BCUT2D eigenvalue weighted by atomic mass is 10.1. The van der Waals surface area contributed by atoms with E-state index in [9.17, 15) is 9.59 Å². The molecular weight excluding hydrogens is 444 g/mol. The number of carbonyl (C=O) groups excluding carboxylic acids is 2. The molecular formula is C28H40N2O5. The first-order chi connectivity index (χ1) is 17.1. The molecule has 0 aliphatic carbocycles. The van der Waals surface area contributed by atoms with E-state index in [1.807, 2.05) is 12.1 Å². The molecule has 0 saturated carbocycles. The van der Waals surface area contributed by atoms with E-state index in [-0.39, 0.29) is 11.8 Å². The third kappa shape index (κ3) is 10.5. The zero-order chi connectivity index (χ0) is 25.3. The average Bonchev–Trinajstić information content (AvgIpc) is 2.88. The van der Waals surface area contributed by atoms with Crippen LogP contribution in [-0.4, -0.2) is 45.8 Å². The lowest BCUT2D eigenvalue weighted by molar-refractivity contribution is 0.0936. The van der Waals surface area contributed by atoms with Crippen LogP contribution in [0.15, 0.2) is 42.5 Å². The lowest BCUT2D eigenvalue weighted by Gasteiger charge is -2.13. The number of benzene rings is 2. The molecule has 7 heteroatoms. The van der Waals surface area contributed by atoms with Gasteiger partial charge in [-0.15, -0.1) is 0 Å². The summed E-state index contributed by atoms with van der Waals surface area (Å²) >= 11 is 0. The predicted molar refractivity (Wildman–Crippen MR) is 139 cm³/mol. The second kappa shape index (κ2) is 16.7. The number of hydrogen-bond donors (Lipinski definition) is 2. The zero-order valence-corrected chi connectivity index (χ0v) is 21.4. The number of unbranched alkanes of at least 4 members (excludes halogenated alkanes) is 6. The SMILES string of the molecule is CCCCCCCCCOCc1ccc(C(=O)Nc2cc(C(=O)NCCOC)ccc2OC)cc1. The highest BCUT2D eigenvalue weighted by atomic mass is 16.5. The van der Waals surface area contributed by atoms with Crippen molar-refractivity contribution in [2.45, 2.75) is 58.5 Å². The summed E-state index contributed by atoms with van der Waals surface area (Å²) in [5, 5.41) is 5.61. The second-order valence-electron chi connectivity index (χ2n) is 8.49. The molecule has 192 valence electrons. The number of ether oxygens (including phenoxy) is 3. The Bertz CT molecular complexity index is 899. The minimum atomic E-state index is -0.282. The number of rotatable bonds is 17. The number of methoxy groups -OCH3 is 2. The number of hydrogen-bond acceptors (Lipinski definition) is 5. The van der Waals surface area contributed by atoms with Crippen LogP contribution >= 0.6 is 0 Å². The Morgan fingerprint density at radius 3 is 2.17 bits per heavy atom. The molecule has 0 spiro atoms. The fourth-order valence-electron chi connectivity index (χ4n) is 3.61. The van der Waals surface area contributed by atoms with Crippen LogP contribution in [0.5, 0.6) is 5.75 Å². The first kappa shape index (κ1) is 28.3. The van der Waals surface area contributed by atoms with Gasteiger partial charge in [0.15, 0.2) is 0 Å². The van der Waals surface area contributed by atoms with Crippen LogP contribution < -0.4 is 15.4 Å². The molecule has 0 aliphatic rings. The quantitative estimate of drug-likeness (QED) is 0.286. The first-order valence-electron chi connectivity index (χ1n) is 12.5. The van der Waals surface area contributed by atoms with E-state index in [2.05, 4.69) is 17.6 Å². The van der Waals surface area contributed by atoms with Gasteiger partial charge in [-0.2, -0.15) is 0 Å². The molecule has 0 atom stereocenters. The van der Waals surface area contributed by atoms with Gasteiger partial charge in [0, 0.05) is 31.4 Å². The van der Waals surface area contributed by atoms with Crippen LogP contribution in [0.3, 0.4) is 0 Å². The molecule has 35 heavy (non-hydrogen) atoms. The van der Waals surface area contributed by atoms with Crippen LogP contribution in [0.2, 0.25) is 0 Å². The Morgan fingerprint density at radius 1 is 0.800 bits per heavy atom. The Balaban J connectivity index is 1.83. The summed E-state index contributed by atoms with van der Waals surface area (Å²) in [5.74, 6) is -0.0565. The Kier molecular flexibility index (Phi) is 13.5. The minimum absolute atomic E-state index is 0.249. The van der Waals surface area contributed by atoms with Crippen molar-refractivity contribution in [3.8, 4) is 5.75 Å². The van der Waals surface area contributed by atoms with Crippen molar-refractivity contribution in [2.24, 2.45) is 0 Å². The van der Waals surface area contributed by atoms with Crippen molar-refractivity contribution < 1.29 is 23.8 Å². The van der Waals surface area contributed by atoms with Gasteiger partial charge in [0.25, 0.3) is 11.8 Å². The maximum Gasteiger partial charge on any atom is 0.255 e. The fourth-order valence-corrected chi connectivity index (χ4v) is 3.61. The number of anilines is 1. The van der Waals surface area contributed by atoms with Gasteiger partial charge in [-0.25, -0.2) is 0 Å². The van der Waals surface area contributed by atoms with Gasteiger partial charge in [0.05, 0.1) is 26.0 Å². The van der Waals surface area contributed by atoms with Crippen LogP contribution in [-0.2, 0) is 16.1 Å². The molecule has 0 fully saturated rings. The molecule has 2 aromatic rings. The summed E-state index contributed by atoms with van der Waals surface area (Å²) in [5.41, 5.74) is 2.39. The highest BCUT2D eigenvalue weighted by Crippen LogP contribution is 2.26. The van der Waals surface area contributed by atoms with E-state index >= 15 is 0 Å². The lowest BCUT2D eigenvalue weighted by Crippen LogP contribution is -2.27. The highest BCUT2D eigenvalue weighted by molar-refractivity contribution is 6.06.